The van der Waals surface area contributed by atoms with Crippen molar-refractivity contribution < 1.29 is 27.8 Å². The molecule has 2 aliphatic rings. The summed E-state index contributed by atoms with van der Waals surface area (Å²) in [5, 5.41) is 17.1. The van der Waals surface area contributed by atoms with Gasteiger partial charge in [-0.25, -0.2) is 17.6 Å². The zero-order valence-corrected chi connectivity index (χ0v) is 7.13. The highest BCUT2D eigenvalue weighted by Crippen LogP contribution is 2.71. The molecule has 2 nitrogen and oxygen atoms in total. The van der Waals surface area contributed by atoms with Gasteiger partial charge in [-0.3, -0.25) is 0 Å². The Morgan fingerprint density at radius 3 is 1.21 bits per heavy atom. The lowest BCUT2D eigenvalue weighted by Gasteiger charge is -1.93. The molecule has 0 saturated heterocycles. The summed E-state index contributed by atoms with van der Waals surface area (Å²) in [6.45, 7) is -1.55. The van der Waals surface area contributed by atoms with Crippen molar-refractivity contribution in [2.24, 2.45) is 23.7 Å². The zero-order valence-electron chi connectivity index (χ0n) is 7.13. The minimum atomic E-state index is -3.19. The predicted molar refractivity (Wildman–Crippen MR) is 38.0 cm³/mol. The second-order valence-electron chi connectivity index (χ2n) is 3.98. The fourth-order valence-electron chi connectivity index (χ4n) is 2.28. The van der Waals surface area contributed by atoms with E-state index in [0.717, 1.165) is 0 Å². The third kappa shape index (κ3) is 1.04. The van der Waals surface area contributed by atoms with E-state index >= 15 is 0 Å². The maximum Gasteiger partial charge on any atom is 0.257 e. The van der Waals surface area contributed by atoms with Gasteiger partial charge in [-0.1, -0.05) is 0 Å². The van der Waals surface area contributed by atoms with Crippen molar-refractivity contribution >= 4 is 0 Å². The molecule has 6 heteroatoms. The number of alkyl halides is 4. The van der Waals surface area contributed by atoms with E-state index in [2.05, 4.69) is 0 Å². The van der Waals surface area contributed by atoms with Gasteiger partial charge in [0.2, 0.25) is 0 Å². The smallest absolute Gasteiger partial charge is 0.257 e. The topological polar surface area (TPSA) is 40.5 Å². The van der Waals surface area contributed by atoms with Crippen LogP contribution in [-0.4, -0.2) is 35.3 Å². The van der Waals surface area contributed by atoms with Gasteiger partial charge in [0.05, 0.1) is 25.0 Å². The third-order valence-corrected chi connectivity index (χ3v) is 3.31. The molecule has 2 aliphatic carbocycles. The molecule has 2 fully saturated rings. The molecule has 0 amide bonds. The molecule has 14 heavy (non-hydrogen) atoms. The monoisotopic (exact) mass is 214 g/mol. The minimum Gasteiger partial charge on any atom is -0.396 e. The van der Waals surface area contributed by atoms with Crippen molar-refractivity contribution in [3.05, 3.63) is 0 Å². The van der Waals surface area contributed by atoms with Crippen LogP contribution in [0.2, 0.25) is 0 Å². The van der Waals surface area contributed by atoms with Gasteiger partial charge >= 0.3 is 0 Å². The van der Waals surface area contributed by atoms with Gasteiger partial charge in [-0.2, -0.15) is 0 Å². The first-order valence-corrected chi connectivity index (χ1v) is 4.36. The fraction of sp³-hybridized carbons (Fsp3) is 1.00. The second kappa shape index (κ2) is 2.61. The molecular weight excluding hydrogens is 204 g/mol. The first-order valence-electron chi connectivity index (χ1n) is 4.36. The van der Waals surface area contributed by atoms with E-state index in [1.165, 1.54) is 0 Å². The van der Waals surface area contributed by atoms with Crippen molar-refractivity contribution in [3.63, 3.8) is 0 Å². The molecule has 0 unspecified atom stereocenters. The number of rotatable bonds is 3. The Bertz CT molecular complexity index is 230. The van der Waals surface area contributed by atoms with Crippen LogP contribution in [-0.2, 0) is 0 Å². The number of hydrogen-bond donors (Lipinski definition) is 2. The largest absolute Gasteiger partial charge is 0.396 e. The molecular formula is C8H10F4O2. The first kappa shape index (κ1) is 10.2. The van der Waals surface area contributed by atoms with Gasteiger partial charge in [-0.15, -0.1) is 0 Å². The lowest BCUT2D eigenvalue weighted by atomic mass is 10.2. The van der Waals surface area contributed by atoms with Gasteiger partial charge in [-0.05, 0) is 0 Å². The molecule has 2 N–H and O–H groups in total. The Labute approximate surface area is 77.5 Å². The maximum absolute atomic E-state index is 12.8. The number of hydrogen-bond acceptors (Lipinski definition) is 2. The van der Waals surface area contributed by atoms with Crippen LogP contribution in [0.4, 0.5) is 17.6 Å². The van der Waals surface area contributed by atoms with E-state index in [0.29, 0.717) is 0 Å². The molecule has 82 valence electrons. The SMILES string of the molecule is OC[C@@H]1[C@@H]([C@@H]2[C@@H](CO)C2(F)F)C1(F)F. The molecule has 0 aliphatic heterocycles. The summed E-state index contributed by atoms with van der Waals surface area (Å²) >= 11 is 0. The van der Waals surface area contributed by atoms with Crippen molar-refractivity contribution in [2.75, 3.05) is 13.2 Å². The molecule has 0 radical (unpaired) electrons. The normalized spacial score (nSPS) is 47.6. The summed E-state index contributed by atoms with van der Waals surface area (Å²) < 4.78 is 51.3. The van der Waals surface area contributed by atoms with Crippen LogP contribution >= 0.6 is 0 Å². The Hall–Kier alpha value is -0.360. The van der Waals surface area contributed by atoms with Crippen LogP contribution in [0.15, 0.2) is 0 Å². The summed E-state index contributed by atoms with van der Waals surface area (Å²) in [7, 11) is 0. The van der Waals surface area contributed by atoms with Crippen LogP contribution in [0.5, 0.6) is 0 Å². The predicted octanol–water partition coefficient (Wildman–Crippen LogP) is 0.734. The van der Waals surface area contributed by atoms with Gasteiger partial charge in [0.1, 0.15) is 0 Å². The average Bonchev–Trinajstić information content (AvgIpc) is 2.81. The van der Waals surface area contributed by atoms with E-state index in [-0.39, 0.29) is 0 Å². The van der Waals surface area contributed by atoms with E-state index in [4.69, 9.17) is 10.2 Å². The second-order valence-corrected chi connectivity index (χ2v) is 3.98. The summed E-state index contributed by atoms with van der Waals surface area (Å²) in [4.78, 5) is 0. The van der Waals surface area contributed by atoms with Gasteiger partial charge < -0.3 is 10.2 Å². The standard InChI is InChI=1S/C8H10F4O2/c9-7(10)3(1-13)5(7)6-4(2-14)8(6,11)12/h3-6,13-14H,1-2H2/t3-,4-,5+,6+/m1/s1. The molecule has 0 bridgehead atoms. The molecule has 0 spiro atoms. The number of aliphatic hydroxyl groups is 2. The van der Waals surface area contributed by atoms with E-state index in [9.17, 15) is 17.6 Å². The Morgan fingerprint density at radius 2 is 1.07 bits per heavy atom. The van der Waals surface area contributed by atoms with Crippen LogP contribution in [0, 0.1) is 23.7 Å². The molecule has 0 heterocycles. The molecule has 2 rings (SSSR count). The highest BCUT2D eigenvalue weighted by Gasteiger charge is 2.83. The molecule has 0 aromatic carbocycles. The maximum atomic E-state index is 12.8. The van der Waals surface area contributed by atoms with Crippen molar-refractivity contribution in [1.29, 1.82) is 0 Å². The molecule has 4 atom stereocenters. The van der Waals surface area contributed by atoms with Crippen LogP contribution in [0.3, 0.4) is 0 Å². The minimum absolute atomic E-state index is 0.775. The van der Waals surface area contributed by atoms with E-state index < -0.39 is 48.7 Å². The highest BCUT2D eigenvalue weighted by atomic mass is 19.3. The third-order valence-electron chi connectivity index (χ3n) is 3.31. The average molecular weight is 214 g/mol. The van der Waals surface area contributed by atoms with Crippen LogP contribution in [0.1, 0.15) is 0 Å². The molecule has 2 saturated carbocycles. The van der Waals surface area contributed by atoms with E-state index in [1.54, 1.807) is 0 Å². The lowest BCUT2D eigenvalue weighted by molar-refractivity contribution is 0.0467. The fourth-order valence-corrected chi connectivity index (χ4v) is 2.28. The summed E-state index contributed by atoms with van der Waals surface area (Å²) in [6.07, 6.45) is 0. The zero-order chi connectivity index (χ0) is 10.7. The van der Waals surface area contributed by atoms with Crippen molar-refractivity contribution in [3.8, 4) is 0 Å². The molecule has 0 aromatic heterocycles. The quantitative estimate of drug-likeness (QED) is 0.680. The summed E-state index contributed by atoms with van der Waals surface area (Å²) in [5.41, 5.74) is 0. The summed E-state index contributed by atoms with van der Waals surface area (Å²) in [5.74, 6) is -12.0. The lowest BCUT2D eigenvalue weighted by Crippen LogP contribution is -2.01. The number of aliphatic hydroxyl groups excluding tert-OH is 2. The van der Waals surface area contributed by atoms with Gasteiger partial charge in [0.25, 0.3) is 11.8 Å². The Balaban J connectivity index is 2.07. The van der Waals surface area contributed by atoms with Crippen LogP contribution in [0.25, 0.3) is 0 Å². The summed E-state index contributed by atoms with van der Waals surface area (Å²) in [6, 6.07) is 0. The van der Waals surface area contributed by atoms with Crippen molar-refractivity contribution in [1.82, 2.24) is 0 Å². The van der Waals surface area contributed by atoms with Crippen LogP contribution < -0.4 is 0 Å². The highest BCUT2D eigenvalue weighted by molar-refractivity contribution is 5.20. The Morgan fingerprint density at radius 1 is 0.786 bits per heavy atom. The van der Waals surface area contributed by atoms with Gasteiger partial charge in [0, 0.05) is 11.8 Å². The first-order chi connectivity index (χ1) is 6.39. The van der Waals surface area contributed by atoms with Crippen molar-refractivity contribution in [2.45, 2.75) is 11.8 Å². The molecule has 0 aromatic rings. The van der Waals surface area contributed by atoms with E-state index in [1.807, 2.05) is 0 Å². The Kier molecular flexibility index (Phi) is 1.89. The van der Waals surface area contributed by atoms with Gasteiger partial charge in [0.15, 0.2) is 0 Å². The number of halogens is 4.